The fourth-order valence-corrected chi connectivity index (χ4v) is 3.34. The number of ether oxygens (including phenoxy) is 1. The lowest BCUT2D eigenvalue weighted by Crippen LogP contribution is -2.31. The highest BCUT2D eigenvalue weighted by atomic mass is 32.2. The van der Waals surface area contributed by atoms with Crippen LogP contribution in [0.15, 0.2) is 24.3 Å². The Kier molecular flexibility index (Phi) is 5.33. The van der Waals surface area contributed by atoms with E-state index in [0.29, 0.717) is 16.9 Å². The molecule has 20 heavy (non-hydrogen) atoms. The summed E-state index contributed by atoms with van der Waals surface area (Å²) in [5, 5.41) is 8.74. The lowest BCUT2D eigenvalue weighted by atomic mass is 10.1. The molecular weight excluding hydrogens is 268 g/mol. The quantitative estimate of drug-likeness (QED) is 0.853. The largest absolute Gasteiger partial charge is 0.492 e. The zero-order valence-corrected chi connectivity index (χ0v) is 13.1. The van der Waals surface area contributed by atoms with E-state index in [1.54, 1.807) is 12.1 Å². The van der Waals surface area contributed by atoms with Crippen molar-refractivity contribution in [2.75, 3.05) is 32.0 Å². The van der Waals surface area contributed by atoms with Gasteiger partial charge in [0.25, 0.3) is 0 Å². The maximum absolute atomic E-state index is 8.74. The van der Waals surface area contributed by atoms with Crippen LogP contribution in [0.3, 0.4) is 0 Å². The highest BCUT2D eigenvalue weighted by molar-refractivity contribution is 8.00. The standard InChI is InChI=1S/C16H22N2OS/c1-16(2)7-8-18(10-12-20-16)9-11-19-15-5-3-14(13-17)4-6-15/h3-6H,7-12H2,1-2H3. The second kappa shape index (κ2) is 7.01. The molecule has 0 amide bonds. The summed E-state index contributed by atoms with van der Waals surface area (Å²) in [5.41, 5.74) is 0.670. The molecule has 1 saturated heterocycles. The topological polar surface area (TPSA) is 36.3 Å². The van der Waals surface area contributed by atoms with Gasteiger partial charge in [-0.3, -0.25) is 4.90 Å². The molecule has 3 nitrogen and oxygen atoms in total. The molecule has 0 N–H and O–H groups in total. The van der Waals surface area contributed by atoms with Crippen LogP contribution in [-0.2, 0) is 0 Å². The Bertz CT molecular complexity index is 464. The minimum Gasteiger partial charge on any atom is -0.492 e. The number of hydrogen-bond acceptors (Lipinski definition) is 4. The van der Waals surface area contributed by atoms with Crippen LogP contribution in [0.5, 0.6) is 5.75 Å². The molecule has 4 heteroatoms. The first-order valence-electron chi connectivity index (χ1n) is 7.08. The molecule has 0 radical (unpaired) electrons. The molecule has 0 unspecified atom stereocenters. The van der Waals surface area contributed by atoms with Crippen molar-refractivity contribution in [2.45, 2.75) is 25.0 Å². The average molecular weight is 290 g/mol. The number of rotatable bonds is 4. The monoisotopic (exact) mass is 290 g/mol. The predicted octanol–water partition coefficient (Wildman–Crippen LogP) is 3.15. The molecule has 2 rings (SSSR count). The summed E-state index contributed by atoms with van der Waals surface area (Å²) in [7, 11) is 0. The van der Waals surface area contributed by atoms with Crippen molar-refractivity contribution in [3.8, 4) is 11.8 Å². The predicted molar refractivity (Wildman–Crippen MR) is 84.2 cm³/mol. The van der Waals surface area contributed by atoms with Crippen LogP contribution in [0.4, 0.5) is 0 Å². The molecule has 1 fully saturated rings. The van der Waals surface area contributed by atoms with E-state index in [0.717, 1.165) is 25.4 Å². The van der Waals surface area contributed by atoms with Crippen molar-refractivity contribution in [3.63, 3.8) is 0 Å². The SMILES string of the molecule is CC1(C)CCN(CCOc2ccc(C#N)cc2)CCS1. The van der Waals surface area contributed by atoms with Gasteiger partial charge in [-0.25, -0.2) is 0 Å². The zero-order valence-electron chi connectivity index (χ0n) is 12.3. The molecule has 0 saturated carbocycles. The first kappa shape index (κ1) is 15.2. The Labute approximate surface area is 125 Å². The maximum Gasteiger partial charge on any atom is 0.119 e. The van der Waals surface area contributed by atoms with Crippen LogP contribution >= 0.6 is 11.8 Å². The molecular formula is C16H22N2OS. The maximum atomic E-state index is 8.74. The normalized spacial score (nSPS) is 19.1. The number of hydrogen-bond donors (Lipinski definition) is 0. The van der Waals surface area contributed by atoms with Crippen molar-refractivity contribution in [3.05, 3.63) is 29.8 Å². The van der Waals surface area contributed by atoms with E-state index in [2.05, 4.69) is 36.6 Å². The van der Waals surface area contributed by atoms with Gasteiger partial charge in [0.2, 0.25) is 0 Å². The van der Waals surface area contributed by atoms with Crippen LogP contribution < -0.4 is 4.74 Å². The fraction of sp³-hybridized carbons (Fsp3) is 0.562. The summed E-state index contributed by atoms with van der Waals surface area (Å²) in [6.45, 7) is 8.62. The molecule has 1 aromatic rings. The first-order chi connectivity index (χ1) is 9.59. The molecule has 1 aliphatic heterocycles. The van der Waals surface area contributed by atoms with Gasteiger partial charge in [-0.1, -0.05) is 13.8 Å². The summed E-state index contributed by atoms with van der Waals surface area (Å²) in [6, 6.07) is 9.42. The van der Waals surface area contributed by atoms with Crippen LogP contribution in [0.25, 0.3) is 0 Å². The Hall–Kier alpha value is -1.18. The van der Waals surface area contributed by atoms with Crippen molar-refractivity contribution in [1.82, 2.24) is 4.90 Å². The summed E-state index contributed by atoms with van der Waals surface area (Å²) in [4.78, 5) is 2.48. The second-order valence-electron chi connectivity index (χ2n) is 5.68. The lowest BCUT2D eigenvalue weighted by Gasteiger charge is -2.22. The minimum absolute atomic E-state index is 0.405. The van der Waals surface area contributed by atoms with Crippen LogP contribution in [-0.4, -0.2) is 41.6 Å². The van der Waals surface area contributed by atoms with E-state index in [4.69, 9.17) is 10.00 Å². The van der Waals surface area contributed by atoms with E-state index in [1.165, 1.54) is 12.2 Å². The third-order valence-electron chi connectivity index (χ3n) is 3.59. The lowest BCUT2D eigenvalue weighted by molar-refractivity contribution is 0.214. The molecule has 1 aromatic carbocycles. The third kappa shape index (κ3) is 4.73. The van der Waals surface area contributed by atoms with Gasteiger partial charge in [0.15, 0.2) is 0 Å². The van der Waals surface area contributed by atoms with Crippen molar-refractivity contribution < 1.29 is 4.74 Å². The smallest absolute Gasteiger partial charge is 0.119 e. The highest BCUT2D eigenvalue weighted by Crippen LogP contribution is 2.30. The fourth-order valence-electron chi connectivity index (χ4n) is 2.20. The summed E-state index contributed by atoms with van der Waals surface area (Å²) < 4.78 is 6.15. The van der Waals surface area contributed by atoms with Gasteiger partial charge in [-0.2, -0.15) is 17.0 Å². The Morgan fingerprint density at radius 2 is 2.05 bits per heavy atom. The molecule has 0 aliphatic carbocycles. The number of nitriles is 1. The molecule has 1 heterocycles. The Balaban J connectivity index is 1.74. The first-order valence-corrected chi connectivity index (χ1v) is 8.07. The molecule has 0 aromatic heterocycles. The van der Waals surface area contributed by atoms with Crippen molar-refractivity contribution in [2.24, 2.45) is 0 Å². The Morgan fingerprint density at radius 1 is 1.30 bits per heavy atom. The van der Waals surface area contributed by atoms with Crippen LogP contribution in [0, 0.1) is 11.3 Å². The van der Waals surface area contributed by atoms with E-state index in [1.807, 2.05) is 12.1 Å². The highest BCUT2D eigenvalue weighted by Gasteiger charge is 2.23. The molecule has 1 aliphatic rings. The third-order valence-corrected chi connectivity index (χ3v) is 4.96. The summed E-state index contributed by atoms with van der Waals surface area (Å²) in [5.74, 6) is 2.04. The van der Waals surface area contributed by atoms with Gasteiger partial charge >= 0.3 is 0 Å². The van der Waals surface area contributed by atoms with Gasteiger partial charge in [-0.15, -0.1) is 0 Å². The van der Waals surface area contributed by atoms with Gasteiger partial charge in [0, 0.05) is 23.6 Å². The molecule has 0 spiro atoms. The number of thioether (sulfide) groups is 1. The van der Waals surface area contributed by atoms with E-state index >= 15 is 0 Å². The average Bonchev–Trinajstić information content (AvgIpc) is 2.61. The van der Waals surface area contributed by atoms with E-state index in [9.17, 15) is 0 Å². The minimum atomic E-state index is 0.405. The summed E-state index contributed by atoms with van der Waals surface area (Å²) >= 11 is 2.07. The summed E-state index contributed by atoms with van der Waals surface area (Å²) in [6.07, 6.45) is 1.23. The van der Waals surface area contributed by atoms with Crippen LogP contribution in [0.2, 0.25) is 0 Å². The molecule has 108 valence electrons. The Morgan fingerprint density at radius 3 is 2.75 bits per heavy atom. The molecule has 0 bridgehead atoms. The van der Waals surface area contributed by atoms with E-state index < -0.39 is 0 Å². The second-order valence-corrected chi connectivity index (χ2v) is 7.49. The van der Waals surface area contributed by atoms with Gasteiger partial charge in [0.1, 0.15) is 12.4 Å². The van der Waals surface area contributed by atoms with Crippen LogP contribution in [0.1, 0.15) is 25.8 Å². The van der Waals surface area contributed by atoms with E-state index in [-0.39, 0.29) is 0 Å². The number of benzene rings is 1. The van der Waals surface area contributed by atoms with Crippen molar-refractivity contribution in [1.29, 1.82) is 5.26 Å². The number of nitrogens with zero attached hydrogens (tertiary/aromatic N) is 2. The van der Waals surface area contributed by atoms with Gasteiger partial charge in [0.05, 0.1) is 11.6 Å². The van der Waals surface area contributed by atoms with Gasteiger partial charge in [-0.05, 0) is 37.2 Å². The van der Waals surface area contributed by atoms with Gasteiger partial charge < -0.3 is 4.74 Å². The van der Waals surface area contributed by atoms with Crippen molar-refractivity contribution >= 4 is 11.8 Å². The molecule has 0 atom stereocenters. The zero-order chi connectivity index (χ0) is 14.4.